The molecular formula is C9H16N4O2. The highest BCUT2D eigenvalue weighted by molar-refractivity contribution is 5.26. The van der Waals surface area contributed by atoms with E-state index in [0.29, 0.717) is 24.4 Å². The Kier molecular flexibility index (Phi) is 3.17. The highest BCUT2D eigenvalue weighted by atomic mass is 16.4. The summed E-state index contributed by atoms with van der Waals surface area (Å²) in [6.45, 7) is 2.50. The van der Waals surface area contributed by atoms with Crippen molar-refractivity contribution in [2.24, 2.45) is 5.92 Å². The van der Waals surface area contributed by atoms with Gasteiger partial charge in [-0.3, -0.25) is 0 Å². The van der Waals surface area contributed by atoms with E-state index in [-0.39, 0.29) is 6.61 Å². The van der Waals surface area contributed by atoms with Crippen LogP contribution in [0.4, 0.5) is 6.01 Å². The van der Waals surface area contributed by atoms with E-state index in [1.807, 2.05) is 11.9 Å². The average Bonchev–Trinajstić information content (AvgIpc) is 2.85. The summed E-state index contributed by atoms with van der Waals surface area (Å²) >= 11 is 0. The SMILES string of the molecule is CNCc1nnc(N2CCC(CO)C2)o1. The van der Waals surface area contributed by atoms with Crippen molar-refractivity contribution in [3.05, 3.63) is 5.89 Å². The molecule has 2 N–H and O–H groups in total. The van der Waals surface area contributed by atoms with Gasteiger partial charge in [0.05, 0.1) is 6.54 Å². The van der Waals surface area contributed by atoms with Crippen LogP contribution in [0.5, 0.6) is 0 Å². The molecule has 6 heteroatoms. The van der Waals surface area contributed by atoms with Gasteiger partial charge in [-0.2, -0.15) is 0 Å². The second kappa shape index (κ2) is 4.59. The summed E-state index contributed by atoms with van der Waals surface area (Å²) in [6, 6.07) is 0.566. The Labute approximate surface area is 88.3 Å². The lowest BCUT2D eigenvalue weighted by molar-refractivity contribution is 0.238. The van der Waals surface area contributed by atoms with Crippen LogP contribution in [0.25, 0.3) is 0 Å². The van der Waals surface area contributed by atoms with Crippen LogP contribution < -0.4 is 10.2 Å². The second-order valence-electron chi connectivity index (χ2n) is 3.79. The van der Waals surface area contributed by atoms with Gasteiger partial charge in [-0.1, -0.05) is 5.10 Å². The topological polar surface area (TPSA) is 74.4 Å². The first-order valence-electron chi connectivity index (χ1n) is 5.16. The number of anilines is 1. The van der Waals surface area contributed by atoms with Crippen LogP contribution in [-0.2, 0) is 6.54 Å². The highest BCUT2D eigenvalue weighted by Crippen LogP contribution is 2.21. The largest absolute Gasteiger partial charge is 0.407 e. The third kappa shape index (κ3) is 2.27. The zero-order valence-corrected chi connectivity index (χ0v) is 8.81. The number of aromatic nitrogens is 2. The first kappa shape index (κ1) is 10.4. The third-order valence-electron chi connectivity index (χ3n) is 2.60. The van der Waals surface area contributed by atoms with Gasteiger partial charge >= 0.3 is 6.01 Å². The van der Waals surface area contributed by atoms with Gasteiger partial charge in [-0.25, -0.2) is 0 Å². The Morgan fingerprint density at radius 1 is 1.60 bits per heavy atom. The summed E-state index contributed by atoms with van der Waals surface area (Å²) in [5.41, 5.74) is 0. The van der Waals surface area contributed by atoms with Gasteiger partial charge in [0.1, 0.15) is 0 Å². The van der Waals surface area contributed by atoms with Crippen molar-refractivity contribution in [3.63, 3.8) is 0 Å². The zero-order chi connectivity index (χ0) is 10.7. The lowest BCUT2D eigenvalue weighted by Crippen LogP contribution is -2.20. The number of hydrogen-bond acceptors (Lipinski definition) is 6. The molecule has 0 saturated carbocycles. The summed E-state index contributed by atoms with van der Waals surface area (Å²) in [6.07, 6.45) is 0.986. The monoisotopic (exact) mass is 212 g/mol. The molecule has 0 amide bonds. The maximum Gasteiger partial charge on any atom is 0.318 e. The van der Waals surface area contributed by atoms with Gasteiger partial charge < -0.3 is 19.7 Å². The Balaban J connectivity index is 1.97. The van der Waals surface area contributed by atoms with Gasteiger partial charge in [0.15, 0.2) is 0 Å². The number of nitrogens with one attached hydrogen (secondary N) is 1. The molecule has 0 bridgehead atoms. The molecular weight excluding hydrogens is 196 g/mol. The second-order valence-corrected chi connectivity index (χ2v) is 3.79. The smallest absolute Gasteiger partial charge is 0.318 e. The van der Waals surface area contributed by atoms with Crippen LogP contribution >= 0.6 is 0 Å². The van der Waals surface area contributed by atoms with Gasteiger partial charge in [0, 0.05) is 25.6 Å². The van der Waals surface area contributed by atoms with E-state index in [0.717, 1.165) is 19.5 Å². The Morgan fingerprint density at radius 3 is 3.13 bits per heavy atom. The number of hydrogen-bond donors (Lipinski definition) is 2. The van der Waals surface area contributed by atoms with Crippen LogP contribution in [0.3, 0.4) is 0 Å². The molecule has 0 aliphatic carbocycles. The minimum absolute atomic E-state index is 0.230. The van der Waals surface area contributed by atoms with Gasteiger partial charge in [0.25, 0.3) is 0 Å². The molecule has 2 rings (SSSR count). The number of nitrogens with zero attached hydrogens (tertiary/aromatic N) is 3. The van der Waals surface area contributed by atoms with Crippen molar-refractivity contribution >= 4 is 6.01 Å². The van der Waals surface area contributed by atoms with E-state index in [2.05, 4.69) is 15.5 Å². The molecule has 0 radical (unpaired) electrons. The van der Waals surface area contributed by atoms with Crippen molar-refractivity contribution in [1.82, 2.24) is 15.5 Å². The first-order valence-corrected chi connectivity index (χ1v) is 5.16. The third-order valence-corrected chi connectivity index (χ3v) is 2.60. The summed E-state index contributed by atoms with van der Waals surface area (Å²) in [5, 5.41) is 19.9. The molecule has 6 nitrogen and oxygen atoms in total. The van der Waals surface area contributed by atoms with E-state index in [4.69, 9.17) is 9.52 Å². The maximum absolute atomic E-state index is 9.02. The minimum Gasteiger partial charge on any atom is -0.407 e. The van der Waals surface area contributed by atoms with E-state index in [9.17, 15) is 0 Å². The molecule has 1 aliphatic rings. The molecule has 1 fully saturated rings. The fourth-order valence-corrected chi connectivity index (χ4v) is 1.75. The van der Waals surface area contributed by atoms with E-state index >= 15 is 0 Å². The lowest BCUT2D eigenvalue weighted by atomic mass is 10.1. The molecule has 1 aromatic heterocycles. The van der Waals surface area contributed by atoms with Crippen LogP contribution in [0.15, 0.2) is 4.42 Å². The molecule has 1 saturated heterocycles. The highest BCUT2D eigenvalue weighted by Gasteiger charge is 2.25. The molecule has 1 unspecified atom stereocenters. The first-order chi connectivity index (χ1) is 7.33. The summed E-state index contributed by atoms with van der Waals surface area (Å²) < 4.78 is 5.46. The molecule has 15 heavy (non-hydrogen) atoms. The molecule has 0 spiro atoms. The van der Waals surface area contributed by atoms with Crippen molar-refractivity contribution < 1.29 is 9.52 Å². The fraction of sp³-hybridized carbons (Fsp3) is 0.778. The van der Waals surface area contributed by atoms with Crippen molar-refractivity contribution in [3.8, 4) is 0 Å². The maximum atomic E-state index is 9.02. The van der Waals surface area contributed by atoms with Crippen LogP contribution in [0.1, 0.15) is 12.3 Å². The normalized spacial score (nSPS) is 21.2. The van der Waals surface area contributed by atoms with Crippen LogP contribution in [-0.4, -0.2) is 42.0 Å². The van der Waals surface area contributed by atoms with Crippen molar-refractivity contribution in [1.29, 1.82) is 0 Å². The average molecular weight is 212 g/mol. The molecule has 1 atom stereocenters. The summed E-state index contributed by atoms with van der Waals surface area (Å²) in [5.74, 6) is 0.935. The molecule has 84 valence electrons. The lowest BCUT2D eigenvalue weighted by Gasteiger charge is -2.11. The number of aliphatic hydroxyl groups excluding tert-OH is 1. The molecule has 0 aromatic carbocycles. The summed E-state index contributed by atoms with van der Waals surface area (Å²) in [7, 11) is 1.83. The van der Waals surface area contributed by atoms with Crippen molar-refractivity contribution in [2.45, 2.75) is 13.0 Å². The van der Waals surface area contributed by atoms with Crippen LogP contribution in [0, 0.1) is 5.92 Å². The van der Waals surface area contributed by atoms with Gasteiger partial charge in [-0.05, 0) is 13.5 Å². The number of aliphatic hydroxyl groups is 1. The molecule has 1 aliphatic heterocycles. The minimum atomic E-state index is 0.230. The summed E-state index contributed by atoms with van der Waals surface area (Å²) in [4.78, 5) is 2.02. The molecule has 2 heterocycles. The van der Waals surface area contributed by atoms with Gasteiger partial charge in [-0.15, -0.1) is 5.10 Å². The predicted molar refractivity (Wildman–Crippen MR) is 54.5 cm³/mol. The Hall–Kier alpha value is -1.14. The number of rotatable bonds is 4. The quantitative estimate of drug-likeness (QED) is 0.708. The van der Waals surface area contributed by atoms with Crippen LogP contribution in [0.2, 0.25) is 0 Å². The van der Waals surface area contributed by atoms with Gasteiger partial charge in [0.2, 0.25) is 5.89 Å². The predicted octanol–water partition coefficient (Wildman–Crippen LogP) is -0.392. The van der Waals surface area contributed by atoms with Crippen molar-refractivity contribution in [2.75, 3.05) is 31.6 Å². The zero-order valence-electron chi connectivity index (χ0n) is 8.81. The molecule has 1 aromatic rings. The Bertz CT molecular complexity index is 315. The standard InChI is InChI=1S/C9H16N4O2/c1-10-4-8-11-12-9(15-8)13-3-2-7(5-13)6-14/h7,10,14H,2-6H2,1H3. The van der Waals surface area contributed by atoms with E-state index < -0.39 is 0 Å². The van der Waals surface area contributed by atoms with E-state index in [1.165, 1.54) is 0 Å². The Morgan fingerprint density at radius 2 is 2.47 bits per heavy atom. The van der Waals surface area contributed by atoms with E-state index in [1.54, 1.807) is 0 Å². The fourth-order valence-electron chi connectivity index (χ4n) is 1.75.